The molecule has 1 aromatic carbocycles. The maximum atomic E-state index is 12.1. The molecule has 0 aliphatic carbocycles. The number of hydrogen-bond acceptors (Lipinski definition) is 4. The molecule has 0 aliphatic heterocycles. The smallest absolute Gasteiger partial charge is 0.308 e. The molecule has 0 saturated heterocycles. The Labute approximate surface area is 97.0 Å². The van der Waals surface area contributed by atoms with Gasteiger partial charge in [0.25, 0.3) is 0 Å². The number of halogens is 2. The summed E-state index contributed by atoms with van der Waals surface area (Å²) in [5, 5.41) is 9.50. The highest BCUT2D eigenvalue weighted by Gasteiger charge is 2.15. The lowest BCUT2D eigenvalue weighted by Crippen LogP contribution is -2.14. The number of nitrogens with two attached hydrogens (primary N) is 1. The molecule has 0 saturated carbocycles. The molecule has 0 spiro atoms. The number of carbonyl (C=O) groups is 1. The lowest BCUT2D eigenvalue weighted by atomic mass is 10.0. The molecule has 0 aromatic heterocycles. The SMILES string of the molecule is CC(=O)Oc1ccc([C@@H](N)CC(F)F)cc1O. The Morgan fingerprint density at radius 1 is 1.53 bits per heavy atom. The molecule has 0 heterocycles. The van der Waals surface area contributed by atoms with Gasteiger partial charge in [-0.25, -0.2) is 8.78 Å². The van der Waals surface area contributed by atoms with Gasteiger partial charge < -0.3 is 15.6 Å². The van der Waals surface area contributed by atoms with Gasteiger partial charge in [0.1, 0.15) is 0 Å². The van der Waals surface area contributed by atoms with Crippen molar-refractivity contribution in [3.8, 4) is 11.5 Å². The van der Waals surface area contributed by atoms with Crippen LogP contribution in [0.15, 0.2) is 18.2 Å². The number of ether oxygens (including phenoxy) is 1. The van der Waals surface area contributed by atoms with E-state index in [4.69, 9.17) is 5.73 Å². The molecule has 0 radical (unpaired) electrons. The van der Waals surface area contributed by atoms with Gasteiger partial charge >= 0.3 is 5.97 Å². The summed E-state index contributed by atoms with van der Waals surface area (Å²) in [6.07, 6.45) is -3.01. The van der Waals surface area contributed by atoms with Crippen molar-refractivity contribution in [3.05, 3.63) is 23.8 Å². The number of esters is 1. The van der Waals surface area contributed by atoms with E-state index in [1.165, 1.54) is 25.1 Å². The van der Waals surface area contributed by atoms with E-state index in [2.05, 4.69) is 4.74 Å². The summed E-state index contributed by atoms with van der Waals surface area (Å²) in [5.74, 6) is -0.905. The molecule has 17 heavy (non-hydrogen) atoms. The average molecular weight is 245 g/mol. The number of alkyl halides is 2. The number of hydrogen-bond donors (Lipinski definition) is 2. The molecule has 94 valence electrons. The molecular formula is C11H13F2NO3. The van der Waals surface area contributed by atoms with Crippen LogP contribution in [0.1, 0.15) is 24.9 Å². The van der Waals surface area contributed by atoms with Crippen LogP contribution in [0.3, 0.4) is 0 Å². The minimum atomic E-state index is -2.51. The maximum Gasteiger partial charge on any atom is 0.308 e. The van der Waals surface area contributed by atoms with E-state index in [1.54, 1.807) is 0 Å². The summed E-state index contributed by atoms with van der Waals surface area (Å²) in [4.78, 5) is 10.7. The lowest BCUT2D eigenvalue weighted by molar-refractivity contribution is -0.132. The lowest BCUT2D eigenvalue weighted by Gasteiger charge is -2.13. The molecule has 4 nitrogen and oxygen atoms in total. The van der Waals surface area contributed by atoms with Crippen LogP contribution in [-0.4, -0.2) is 17.5 Å². The Kier molecular flexibility index (Phi) is 4.39. The summed E-state index contributed by atoms with van der Waals surface area (Å²) < 4.78 is 28.9. The predicted octanol–water partition coefficient (Wildman–Crippen LogP) is 1.97. The molecule has 0 amide bonds. The third-order valence-corrected chi connectivity index (χ3v) is 2.10. The Morgan fingerprint density at radius 2 is 2.18 bits per heavy atom. The Hall–Kier alpha value is -1.69. The van der Waals surface area contributed by atoms with Gasteiger partial charge in [-0.15, -0.1) is 0 Å². The van der Waals surface area contributed by atoms with E-state index in [0.29, 0.717) is 5.56 Å². The van der Waals surface area contributed by atoms with Crippen LogP contribution in [0.25, 0.3) is 0 Å². The molecule has 6 heteroatoms. The number of rotatable bonds is 4. The molecule has 0 unspecified atom stereocenters. The van der Waals surface area contributed by atoms with Gasteiger partial charge in [-0.2, -0.15) is 0 Å². The highest BCUT2D eigenvalue weighted by molar-refractivity contribution is 5.70. The van der Waals surface area contributed by atoms with E-state index in [-0.39, 0.29) is 11.5 Å². The summed E-state index contributed by atoms with van der Waals surface area (Å²) in [6, 6.07) is 3.10. The van der Waals surface area contributed by atoms with Crippen LogP contribution < -0.4 is 10.5 Å². The van der Waals surface area contributed by atoms with E-state index < -0.39 is 24.9 Å². The zero-order valence-corrected chi connectivity index (χ0v) is 9.19. The fourth-order valence-corrected chi connectivity index (χ4v) is 1.33. The highest BCUT2D eigenvalue weighted by Crippen LogP contribution is 2.30. The first kappa shape index (κ1) is 13.4. The Morgan fingerprint density at radius 3 is 2.65 bits per heavy atom. The van der Waals surface area contributed by atoms with E-state index >= 15 is 0 Å². The molecule has 1 atom stereocenters. The molecule has 3 N–H and O–H groups in total. The van der Waals surface area contributed by atoms with Gasteiger partial charge in [-0.3, -0.25) is 4.79 Å². The van der Waals surface area contributed by atoms with Crippen molar-refractivity contribution in [2.45, 2.75) is 25.8 Å². The van der Waals surface area contributed by atoms with Gasteiger partial charge in [-0.05, 0) is 17.7 Å². The van der Waals surface area contributed by atoms with Crippen LogP contribution in [0, 0.1) is 0 Å². The van der Waals surface area contributed by atoms with Crippen LogP contribution >= 0.6 is 0 Å². The van der Waals surface area contributed by atoms with Crippen LogP contribution in [-0.2, 0) is 4.79 Å². The largest absolute Gasteiger partial charge is 0.504 e. The Balaban J connectivity index is 2.84. The predicted molar refractivity (Wildman–Crippen MR) is 57.0 cm³/mol. The van der Waals surface area contributed by atoms with E-state index in [9.17, 15) is 18.7 Å². The van der Waals surface area contributed by atoms with Crippen molar-refractivity contribution < 1.29 is 23.4 Å². The van der Waals surface area contributed by atoms with E-state index in [0.717, 1.165) is 0 Å². The third-order valence-electron chi connectivity index (χ3n) is 2.10. The highest BCUT2D eigenvalue weighted by atomic mass is 19.3. The molecule has 1 rings (SSSR count). The normalized spacial score (nSPS) is 12.5. The standard InChI is InChI=1S/C11H13F2NO3/c1-6(15)17-10-3-2-7(4-9(10)16)8(14)5-11(12)13/h2-4,8,11,16H,5,14H2,1H3/t8-/m0/s1. The van der Waals surface area contributed by atoms with Crippen molar-refractivity contribution in [2.75, 3.05) is 0 Å². The zero-order valence-electron chi connectivity index (χ0n) is 9.19. The first-order valence-corrected chi connectivity index (χ1v) is 4.95. The van der Waals surface area contributed by atoms with Gasteiger partial charge in [0.15, 0.2) is 11.5 Å². The number of benzene rings is 1. The van der Waals surface area contributed by atoms with Crippen molar-refractivity contribution in [1.29, 1.82) is 0 Å². The number of phenolic OH excluding ortho intramolecular Hbond substituents is 1. The van der Waals surface area contributed by atoms with Gasteiger partial charge in [0.2, 0.25) is 6.43 Å². The molecule has 0 fully saturated rings. The average Bonchev–Trinajstić information content (AvgIpc) is 2.19. The molecule has 1 aromatic rings. The fraction of sp³-hybridized carbons (Fsp3) is 0.364. The van der Waals surface area contributed by atoms with Crippen molar-refractivity contribution in [3.63, 3.8) is 0 Å². The van der Waals surface area contributed by atoms with Gasteiger partial charge in [0, 0.05) is 19.4 Å². The van der Waals surface area contributed by atoms with Crippen molar-refractivity contribution >= 4 is 5.97 Å². The second kappa shape index (κ2) is 5.58. The second-order valence-corrected chi connectivity index (χ2v) is 3.55. The topological polar surface area (TPSA) is 72.5 Å². The Bertz CT molecular complexity index is 410. The summed E-state index contributed by atoms with van der Waals surface area (Å²) in [7, 11) is 0. The number of carbonyl (C=O) groups excluding carboxylic acids is 1. The molecule has 0 aliphatic rings. The summed E-state index contributed by atoms with van der Waals surface area (Å²) in [5.41, 5.74) is 5.88. The van der Waals surface area contributed by atoms with Crippen LogP contribution in [0.4, 0.5) is 8.78 Å². The van der Waals surface area contributed by atoms with Crippen LogP contribution in [0.2, 0.25) is 0 Å². The first-order chi connectivity index (χ1) is 7.90. The first-order valence-electron chi connectivity index (χ1n) is 4.95. The maximum absolute atomic E-state index is 12.1. The number of phenols is 1. The van der Waals surface area contributed by atoms with Gasteiger partial charge in [-0.1, -0.05) is 6.07 Å². The van der Waals surface area contributed by atoms with Gasteiger partial charge in [0.05, 0.1) is 0 Å². The minimum absolute atomic E-state index is 0.0227. The summed E-state index contributed by atoms with van der Waals surface area (Å²) >= 11 is 0. The number of aromatic hydroxyl groups is 1. The van der Waals surface area contributed by atoms with E-state index in [1.807, 2.05) is 0 Å². The van der Waals surface area contributed by atoms with Crippen molar-refractivity contribution in [2.24, 2.45) is 5.73 Å². The quantitative estimate of drug-likeness (QED) is 0.628. The third kappa shape index (κ3) is 3.99. The minimum Gasteiger partial charge on any atom is -0.504 e. The summed E-state index contributed by atoms with van der Waals surface area (Å²) in [6.45, 7) is 1.19. The van der Waals surface area contributed by atoms with Crippen molar-refractivity contribution in [1.82, 2.24) is 0 Å². The second-order valence-electron chi connectivity index (χ2n) is 3.55. The molecule has 0 bridgehead atoms. The zero-order chi connectivity index (χ0) is 13.0. The fourth-order valence-electron chi connectivity index (χ4n) is 1.33. The monoisotopic (exact) mass is 245 g/mol. The van der Waals surface area contributed by atoms with Crippen LogP contribution in [0.5, 0.6) is 11.5 Å². The molecular weight excluding hydrogens is 232 g/mol.